The van der Waals surface area contributed by atoms with Crippen molar-refractivity contribution < 1.29 is 11.0 Å². The highest BCUT2D eigenvalue weighted by molar-refractivity contribution is 5.37. The lowest BCUT2D eigenvalue weighted by atomic mass is 10.1. The molecule has 1 aromatic rings. The standard InChI is InChI=1S/C10H8N2O2/c13-7-11-6-10(12-8-14)9-4-2-1-3-5-9/h1-5,10H,6H2/p+1. The molecule has 0 heterocycles. The number of hydrogen-bond acceptors (Lipinski definition) is 4. The van der Waals surface area contributed by atoms with Crippen molar-refractivity contribution >= 4 is 12.2 Å². The molecule has 0 aliphatic rings. The maximum atomic E-state index is 10.1. The van der Waals surface area contributed by atoms with Crippen molar-refractivity contribution in [3.63, 3.8) is 0 Å². The van der Waals surface area contributed by atoms with Gasteiger partial charge in [-0.1, -0.05) is 30.3 Å². The molecule has 1 rings (SSSR count). The number of carbonyl (C=O) groups excluding carboxylic acids is 2. The molecule has 0 amide bonds. The van der Waals surface area contributed by atoms with Crippen molar-refractivity contribution in [1.82, 2.24) is 0 Å². The molecule has 0 saturated carbocycles. The average molecular weight is 189 g/mol. The van der Waals surface area contributed by atoms with Crippen LogP contribution in [0, 0.1) is 0 Å². The first kappa shape index (κ1) is 10.1. The fraction of sp³-hybridized carbons (Fsp3) is 0.200. The third-order valence-corrected chi connectivity index (χ3v) is 1.72. The summed E-state index contributed by atoms with van der Waals surface area (Å²) >= 11 is 0. The SMILES string of the molecule is O=C=NCC(N=C=O)c1ccccc1.[H+]. The second-order valence-electron chi connectivity index (χ2n) is 2.58. The lowest BCUT2D eigenvalue weighted by Gasteiger charge is -2.05. The van der Waals surface area contributed by atoms with Crippen LogP contribution in [0.15, 0.2) is 40.3 Å². The second kappa shape index (κ2) is 5.60. The van der Waals surface area contributed by atoms with Crippen LogP contribution in [0.2, 0.25) is 0 Å². The van der Waals surface area contributed by atoms with Gasteiger partial charge in [0.15, 0.2) is 0 Å². The van der Waals surface area contributed by atoms with Gasteiger partial charge in [0, 0.05) is 0 Å². The van der Waals surface area contributed by atoms with Gasteiger partial charge in [-0.2, -0.15) is 4.99 Å². The van der Waals surface area contributed by atoms with E-state index >= 15 is 0 Å². The molecule has 0 saturated heterocycles. The summed E-state index contributed by atoms with van der Waals surface area (Å²) in [6, 6.07) is 8.70. The minimum atomic E-state index is -0.435. The van der Waals surface area contributed by atoms with Crippen LogP contribution < -0.4 is 0 Å². The Hall–Kier alpha value is -2.02. The Balaban J connectivity index is 0.00000196. The molecule has 1 unspecified atom stereocenters. The fourth-order valence-corrected chi connectivity index (χ4v) is 1.08. The van der Waals surface area contributed by atoms with E-state index in [2.05, 4.69) is 9.98 Å². The highest BCUT2D eigenvalue weighted by Crippen LogP contribution is 2.16. The number of benzene rings is 1. The van der Waals surface area contributed by atoms with E-state index in [4.69, 9.17) is 0 Å². The molecule has 0 aromatic heterocycles. The summed E-state index contributed by atoms with van der Waals surface area (Å²) in [6.45, 7) is 0.128. The Morgan fingerprint density at radius 1 is 1.21 bits per heavy atom. The number of hydrogen-bond donors (Lipinski definition) is 0. The molecule has 0 aliphatic heterocycles. The molecule has 1 aromatic carbocycles. The average Bonchev–Trinajstić information content (AvgIpc) is 2.25. The van der Waals surface area contributed by atoms with Crippen molar-refractivity contribution in [2.75, 3.05) is 6.54 Å². The van der Waals surface area contributed by atoms with Crippen LogP contribution in [0.5, 0.6) is 0 Å². The molecule has 0 N–H and O–H groups in total. The van der Waals surface area contributed by atoms with E-state index in [1.165, 1.54) is 12.2 Å². The lowest BCUT2D eigenvalue weighted by Crippen LogP contribution is -1.98. The van der Waals surface area contributed by atoms with Crippen molar-refractivity contribution in [1.29, 1.82) is 0 Å². The monoisotopic (exact) mass is 189 g/mol. The van der Waals surface area contributed by atoms with Gasteiger partial charge < -0.3 is 0 Å². The zero-order chi connectivity index (χ0) is 10.2. The maximum absolute atomic E-state index is 10.1. The van der Waals surface area contributed by atoms with Gasteiger partial charge in [-0.3, -0.25) is 0 Å². The zero-order valence-corrected chi connectivity index (χ0v) is 7.38. The number of aliphatic imine (C=N–C) groups is 2. The molecule has 0 spiro atoms. The predicted molar refractivity (Wildman–Crippen MR) is 51.4 cm³/mol. The van der Waals surface area contributed by atoms with Crippen LogP contribution in [0.3, 0.4) is 0 Å². The third-order valence-electron chi connectivity index (χ3n) is 1.72. The van der Waals surface area contributed by atoms with E-state index < -0.39 is 6.04 Å². The summed E-state index contributed by atoms with van der Waals surface area (Å²) in [5.74, 6) is 0. The Morgan fingerprint density at radius 3 is 2.50 bits per heavy atom. The van der Waals surface area contributed by atoms with E-state index in [9.17, 15) is 9.59 Å². The molecule has 4 heteroatoms. The fourth-order valence-electron chi connectivity index (χ4n) is 1.08. The van der Waals surface area contributed by atoms with Crippen LogP contribution in [-0.2, 0) is 9.59 Å². The number of rotatable bonds is 4. The van der Waals surface area contributed by atoms with Crippen molar-refractivity contribution in [2.45, 2.75) is 6.04 Å². The summed E-state index contributed by atoms with van der Waals surface area (Å²) < 4.78 is 0. The van der Waals surface area contributed by atoms with Gasteiger partial charge in [-0.15, -0.1) is 0 Å². The highest BCUT2D eigenvalue weighted by atomic mass is 16.1. The molecule has 4 nitrogen and oxygen atoms in total. The summed E-state index contributed by atoms with van der Waals surface area (Å²) in [5.41, 5.74) is 0.829. The summed E-state index contributed by atoms with van der Waals surface area (Å²) in [7, 11) is 0. The van der Waals surface area contributed by atoms with E-state index in [0.29, 0.717) is 0 Å². The molecule has 0 radical (unpaired) electrons. The summed E-state index contributed by atoms with van der Waals surface area (Å²) in [5, 5.41) is 0. The molecule has 14 heavy (non-hydrogen) atoms. The Labute approximate surface area is 82.5 Å². The van der Waals surface area contributed by atoms with Gasteiger partial charge in [0.25, 0.3) is 0 Å². The molecule has 70 valence electrons. The topological polar surface area (TPSA) is 58.9 Å². The normalized spacial score (nSPS) is 10.9. The van der Waals surface area contributed by atoms with E-state index in [-0.39, 0.29) is 7.97 Å². The van der Waals surface area contributed by atoms with Crippen molar-refractivity contribution in [2.24, 2.45) is 9.98 Å². The van der Waals surface area contributed by atoms with E-state index in [0.717, 1.165) is 5.56 Å². The first-order chi connectivity index (χ1) is 6.88. The first-order valence-corrected chi connectivity index (χ1v) is 4.04. The van der Waals surface area contributed by atoms with Gasteiger partial charge in [0.1, 0.15) is 6.04 Å². The van der Waals surface area contributed by atoms with Crippen LogP contribution >= 0.6 is 0 Å². The van der Waals surface area contributed by atoms with Crippen LogP contribution in [0.25, 0.3) is 0 Å². The lowest BCUT2D eigenvalue weighted by molar-refractivity contribution is 0.553. The van der Waals surface area contributed by atoms with Gasteiger partial charge in [-0.05, 0) is 5.56 Å². The Bertz CT molecular complexity index is 382. The Kier molecular flexibility index (Phi) is 4.02. The maximum Gasteiger partial charge on any atom is 1.00 e. The Morgan fingerprint density at radius 2 is 1.93 bits per heavy atom. The van der Waals surface area contributed by atoms with Crippen LogP contribution in [-0.4, -0.2) is 18.7 Å². The van der Waals surface area contributed by atoms with E-state index in [1.54, 1.807) is 0 Å². The number of isocyanates is 2. The molecule has 0 aliphatic carbocycles. The zero-order valence-electron chi connectivity index (χ0n) is 8.38. The second-order valence-corrected chi connectivity index (χ2v) is 2.58. The van der Waals surface area contributed by atoms with Crippen molar-refractivity contribution in [3.05, 3.63) is 35.9 Å². The van der Waals surface area contributed by atoms with E-state index in [1.807, 2.05) is 30.3 Å². The van der Waals surface area contributed by atoms with Gasteiger partial charge >= 0.3 is 1.43 Å². The first-order valence-electron chi connectivity index (χ1n) is 4.04. The van der Waals surface area contributed by atoms with Crippen LogP contribution in [0.1, 0.15) is 13.0 Å². The number of nitrogens with zero attached hydrogens (tertiary/aromatic N) is 2. The van der Waals surface area contributed by atoms with Gasteiger partial charge in [0.2, 0.25) is 12.2 Å². The summed E-state index contributed by atoms with van der Waals surface area (Å²) in [4.78, 5) is 27.0. The highest BCUT2D eigenvalue weighted by Gasteiger charge is 2.07. The molecular formula is C10H9N2O2+. The summed E-state index contributed by atoms with van der Waals surface area (Å²) in [6.07, 6.45) is 2.87. The quantitative estimate of drug-likeness (QED) is 0.532. The van der Waals surface area contributed by atoms with Crippen molar-refractivity contribution in [3.8, 4) is 0 Å². The minimum absolute atomic E-state index is 0. The largest absolute Gasteiger partial charge is 1.00 e. The van der Waals surface area contributed by atoms with Gasteiger partial charge in [-0.25, -0.2) is 14.6 Å². The van der Waals surface area contributed by atoms with Crippen LogP contribution in [0.4, 0.5) is 0 Å². The molecule has 1 atom stereocenters. The molecular weight excluding hydrogens is 180 g/mol. The third kappa shape index (κ3) is 2.79. The molecule has 0 fully saturated rings. The smallest absolute Gasteiger partial charge is 0.211 e. The predicted octanol–water partition coefficient (Wildman–Crippen LogP) is 1.51. The minimum Gasteiger partial charge on any atom is -0.211 e. The molecule has 0 bridgehead atoms. The van der Waals surface area contributed by atoms with Gasteiger partial charge in [0.05, 0.1) is 6.54 Å².